The van der Waals surface area contributed by atoms with Gasteiger partial charge in [0.25, 0.3) is 0 Å². The van der Waals surface area contributed by atoms with Crippen molar-refractivity contribution in [2.75, 3.05) is 0 Å². The SMILES string of the molecule is N.O=C(O)CCc1cc(C2CCCCC2)c(O)c(C2CCCCC2)c1.O=C(O)CCc1cc(C2CCCCC2)c(O)c(C2CCCCC2)c1.O=C(O)CCc1cc(C2CCCCC2)c(O)c(C2CCCCC2)c1. The number of aliphatic carboxylic acids is 3. The summed E-state index contributed by atoms with van der Waals surface area (Å²) in [5.74, 6) is 2.02. The normalized spacial score (nSPS) is 19.9. The van der Waals surface area contributed by atoms with Gasteiger partial charge in [-0.1, -0.05) is 152 Å². The van der Waals surface area contributed by atoms with Crippen molar-refractivity contribution < 1.29 is 45.0 Å². The average Bonchev–Trinajstić information content (AvgIpc) is 3.41. The van der Waals surface area contributed by atoms with Crippen molar-refractivity contribution in [1.82, 2.24) is 6.15 Å². The molecule has 9 rings (SSSR count). The largest absolute Gasteiger partial charge is 0.507 e. The zero-order valence-corrected chi connectivity index (χ0v) is 44.5. The fourth-order valence-corrected chi connectivity index (χ4v) is 13.8. The molecule has 0 unspecified atom stereocenters. The van der Waals surface area contributed by atoms with E-state index in [9.17, 15) is 29.7 Å². The van der Waals surface area contributed by atoms with Gasteiger partial charge in [-0.05, 0) is 182 Å². The molecule has 0 aromatic heterocycles. The highest BCUT2D eigenvalue weighted by Gasteiger charge is 2.29. The van der Waals surface area contributed by atoms with E-state index in [1.165, 1.54) is 116 Å². The van der Waals surface area contributed by atoms with Crippen LogP contribution >= 0.6 is 0 Å². The maximum Gasteiger partial charge on any atom is 0.303 e. The van der Waals surface area contributed by atoms with E-state index in [1.807, 2.05) is 0 Å². The minimum atomic E-state index is -0.749. The number of aromatic hydroxyl groups is 3. The number of hydrogen-bond acceptors (Lipinski definition) is 7. The lowest BCUT2D eigenvalue weighted by Crippen LogP contribution is -2.10. The van der Waals surface area contributed by atoms with Gasteiger partial charge < -0.3 is 36.8 Å². The van der Waals surface area contributed by atoms with Gasteiger partial charge in [0.05, 0.1) is 0 Å². The first kappa shape index (κ1) is 57.7. The van der Waals surface area contributed by atoms with Crippen LogP contribution < -0.4 is 6.15 Å². The number of phenolic OH excluding ortho intramolecular Hbond substituents is 3. The standard InChI is InChI=1S/3C21H30O3.H3N/c3*22-20(23)12-11-15-13-18(16-7-3-1-4-8-16)21(24)19(14-15)17-9-5-2-6-10-17;/h3*13-14,16-17,24H,1-12H2,(H,22,23);1H3. The van der Waals surface area contributed by atoms with Crippen LogP contribution in [0.5, 0.6) is 17.2 Å². The minimum absolute atomic E-state index is 0. The molecule has 3 aromatic carbocycles. The van der Waals surface area contributed by atoms with Gasteiger partial charge in [-0.25, -0.2) is 0 Å². The quantitative estimate of drug-likeness (QED) is 0.0766. The topological polar surface area (TPSA) is 208 Å². The maximum atomic E-state index is 11.0. The van der Waals surface area contributed by atoms with Gasteiger partial charge in [-0.3, -0.25) is 14.4 Å². The van der Waals surface area contributed by atoms with Crippen LogP contribution in [0.25, 0.3) is 0 Å². The predicted molar refractivity (Wildman–Crippen MR) is 292 cm³/mol. The third kappa shape index (κ3) is 17.0. The van der Waals surface area contributed by atoms with Crippen molar-refractivity contribution in [1.29, 1.82) is 0 Å². The van der Waals surface area contributed by atoms with E-state index in [2.05, 4.69) is 36.4 Å². The number of carboxylic acid groups (broad SMARTS) is 3. The highest BCUT2D eigenvalue weighted by atomic mass is 16.4. The second-order valence-corrected chi connectivity index (χ2v) is 23.1. The van der Waals surface area contributed by atoms with Gasteiger partial charge >= 0.3 is 17.9 Å². The molecule has 404 valence electrons. The molecule has 0 atom stereocenters. The summed E-state index contributed by atoms with van der Waals surface area (Å²) in [5, 5.41) is 60.0. The van der Waals surface area contributed by atoms with Crippen molar-refractivity contribution in [3.8, 4) is 17.2 Å². The van der Waals surface area contributed by atoms with Crippen molar-refractivity contribution in [2.45, 2.75) is 267 Å². The fraction of sp³-hybridized carbons (Fsp3) is 0.667. The van der Waals surface area contributed by atoms with Gasteiger partial charge in [0, 0.05) is 19.3 Å². The lowest BCUT2D eigenvalue weighted by molar-refractivity contribution is -0.138. The van der Waals surface area contributed by atoms with Crippen LogP contribution in [0.15, 0.2) is 36.4 Å². The first-order chi connectivity index (χ1) is 34.9. The Balaban J connectivity index is 0.000000177. The lowest BCUT2D eigenvalue weighted by Gasteiger charge is -2.28. The molecule has 73 heavy (non-hydrogen) atoms. The Kier molecular flexibility index (Phi) is 23.3. The van der Waals surface area contributed by atoms with E-state index in [4.69, 9.17) is 15.3 Å². The van der Waals surface area contributed by atoms with Gasteiger partial charge in [0.15, 0.2) is 0 Å². The van der Waals surface area contributed by atoms with E-state index in [0.717, 1.165) is 127 Å². The van der Waals surface area contributed by atoms with E-state index in [0.29, 0.717) is 72.0 Å². The summed E-state index contributed by atoms with van der Waals surface area (Å²) in [5.41, 5.74) is 9.85. The van der Waals surface area contributed by atoms with Crippen LogP contribution in [0.2, 0.25) is 0 Å². The number of phenols is 3. The summed E-state index contributed by atoms with van der Waals surface area (Å²) in [6.07, 6.45) is 38.7. The summed E-state index contributed by atoms with van der Waals surface area (Å²) in [6, 6.07) is 12.6. The molecule has 0 spiro atoms. The Hall–Kier alpha value is -4.57. The Labute approximate surface area is 437 Å². The number of carboxylic acids is 3. The monoisotopic (exact) mass is 1010 g/mol. The molecular weight excluding hydrogens is 915 g/mol. The third-order valence-corrected chi connectivity index (χ3v) is 17.8. The van der Waals surface area contributed by atoms with Gasteiger partial charge in [0.2, 0.25) is 0 Å². The molecule has 0 radical (unpaired) electrons. The fourth-order valence-electron chi connectivity index (χ4n) is 13.8. The van der Waals surface area contributed by atoms with Gasteiger partial charge in [0.1, 0.15) is 17.2 Å². The Morgan fingerprint density at radius 1 is 0.301 bits per heavy atom. The van der Waals surface area contributed by atoms with Crippen molar-refractivity contribution in [2.24, 2.45) is 0 Å². The van der Waals surface area contributed by atoms with Crippen LogP contribution in [0.1, 0.15) is 297 Å². The summed E-state index contributed by atoms with van der Waals surface area (Å²) in [6.45, 7) is 0. The van der Waals surface area contributed by atoms with E-state index in [1.54, 1.807) is 0 Å². The van der Waals surface area contributed by atoms with Gasteiger partial charge in [-0.15, -0.1) is 0 Å². The molecular formula is C63H93NO9. The van der Waals surface area contributed by atoms with Crippen LogP contribution in [0, 0.1) is 0 Å². The molecule has 6 saturated carbocycles. The van der Waals surface area contributed by atoms with Crippen LogP contribution in [0.4, 0.5) is 0 Å². The Bertz CT molecular complexity index is 1840. The van der Waals surface area contributed by atoms with Crippen molar-refractivity contribution >= 4 is 17.9 Å². The Morgan fingerprint density at radius 3 is 0.589 bits per heavy atom. The van der Waals surface area contributed by atoms with Gasteiger partial charge in [-0.2, -0.15) is 0 Å². The molecule has 0 heterocycles. The highest BCUT2D eigenvalue weighted by Crippen LogP contribution is 2.48. The second-order valence-electron chi connectivity index (χ2n) is 23.1. The van der Waals surface area contributed by atoms with E-state index < -0.39 is 17.9 Å². The summed E-state index contributed by atoms with van der Waals surface area (Å²) in [4.78, 5) is 32.9. The molecule has 6 aliphatic rings. The molecule has 0 bridgehead atoms. The molecule has 0 saturated heterocycles. The highest BCUT2D eigenvalue weighted by molar-refractivity contribution is 5.68. The van der Waals surface area contributed by atoms with Crippen molar-refractivity contribution in [3.63, 3.8) is 0 Å². The third-order valence-electron chi connectivity index (χ3n) is 17.8. The van der Waals surface area contributed by atoms with E-state index >= 15 is 0 Å². The second kappa shape index (κ2) is 29.5. The number of benzene rings is 3. The molecule has 0 aliphatic heterocycles. The number of rotatable bonds is 15. The van der Waals surface area contributed by atoms with E-state index in [-0.39, 0.29) is 25.4 Å². The number of hydrogen-bond donors (Lipinski definition) is 7. The molecule has 10 heteroatoms. The molecule has 0 amide bonds. The molecule has 3 aromatic rings. The van der Waals surface area contributed by atoms with Crippen LogP contribution in [-0.2, 0) is 33.6 Å². The summed E-state index contributed by atoms with van der Waals surface area (Å²) >= 11 is 0. The molecule has 6 aliphatic carbocycles. The summed E-state index contributed by atoms with van der Waals surface area (Å²) < 4.78 is 0. The summed E-state index contributed by atoms with van der Waals surface area (Å²) in [7, 11) is 0. The zero-order valence-electron chi connectivity index (χ0n) is 44.5. The Morgan fingerprint density at radius 2 is 0.452 bits per heavy atom. The first-order valence-corrected chi connectivity index (χ1v) is 29.2. The zero-order chi connectivity index (χ0) is 50.8. The average molecular weight is 1010 g/mol. The minimum Gasteiger partial charge on any atom is -0.507 e. The molecule has 10 nitrogen and oxygen atoms in total. The number of carbonyl (C=O) groups is 3. The smallest absolute Gasteiger partial charge is 0.303 e. The van der Waals surface area contributed by atoms with Crippen LogP contribution in [0.3, 0.4) is 0 Å². The number of aryl methyl sites for hydroxylation is 3. The lowest BCUT2D eigenvalue weighted by atomic mass is 9.78. The first-order valence-electron chi connectivity index (χ1n) is 29.2. The van der Waals surface area contributed by atoms with Crippen LogP contribution in [-0.4, -0.2) is 48.5 Å². The predicted octanol–water partition coefficient (Wildman–Crippen LogP) is 16.7. The van der Waals surface area contributed by atoms with Crippen molar-refractivity contribution in [3.05, 3.63) is 86.5 Å². The maximum absolute atomic E-state index is 11.0. The molecule has 9 N–H and O–H groups in total. The molecule has 6 fully saturated rings.